The molecule has 0 bridgehead atoms. The Morgan fingerprint density at radius 1 is 1.19 bits per heavy atom. The quantitative estimate of drug-likeness (QED) is 0.526. The Labute approximate surface area is 182 Å². The van der Waals surface area contributed by atoms with Crippen molar-refractivity contribution in [3.05, 3.63) is 41.0 Å². The number of benzene rings is 1. The Morgan fingerprint density at radius 2 is 1.90 bits per heavy atom. The minimum absolute atomic E-state index is 0.00872. The Hall–Kier alpha value is -2.72. The lowest BCUT2D eigenvalue weighted by Crippen LogP contribution is -2.27. The summed E-state index contributed by atoms with van der Waals surface area (Å²) in [6, 6.07) is 4.96. The zero-order valence-corrected chi connectivity index (χ0v) is 19.7. The van der Waals surface area contributed by atoms with Crippen LogP contribution in [0.3, 0.4) is 0 Å². The van der Waals surface area contributed by atoms with Gasteiger partial charge in [-0.2, -0.15) is 0 Å². The van der Waals surface area contributed by atoms with E-state index in [0.717, 1.165) is 22.6 Å². The van der Waals surface area contributed by atoms with Crippen molar-refractivity contribution in [3.8, 4) is 0 Å². The lowest BCUT2D eigenvalue weighted by molar-refractivity contribution is -0.130. The zero-order chi connectivity index (χ0) is 22.9. The molecule has 1 aromatic carbocycles. The molecule has 2 heterocycles. The van der Waals surface area contributed by atoms with Gasteiger partial charge in [0.15, 0.2) is 0 Å². The molecule has 2 aromatic heterocycles. The van der Waals surface area contributed by atoms with Gasteiger partial charge in [0.1, 0.15) is 11.6 Å². The molecule has 0 fully saturated rings. The minimum atomic E-state index is -3.54. The molecule has 3 aromatic rings. The van der Waals surface area contributed by atoms with Crippen molar-refractivity contribution in [3.63, 3.8) is 0 Å². The van der Waals surface area contributed by atoms with E-state index in [4.69, 9.17) is 4.52 Å². The van der Waals surface area contributed by atoms with E-state index in [0.29, 0.717) is 37.2 Å². The molecule has 0 atom stereocenters. The fourth-order valence-electron chi connectivity index (χ4n) is 3.54. The van der Waals surface area contributed by atoms with Gasteiger partial charge in [0, 0.05) is 46.1 Å². The van der Waals surface area contributed by atoms with Gasteiger partial charge in [0.05, 0.1) is 28.2 Å². The van der Waals surface area contributed by atoms with E-state index in [9.17, 15) is 13.2 Å². The van der Waals surface area contributed by atoms with Crippen LogP contribution in [-0.4, -0.2) is 59.4 Å². The van der Waals surface area contributed by atoms with E-state index in [1.807, 2.05) is 25.3 Å². The van der Waals surface area contributed by atoms with Crippen molar-refractivity contribution in [2.24, 2.45) is 0 Å². The fraction of sp³-hybridized carbons (Fsp3) is 0.476. The highest BCUT2D eigenvalue weighted by atomic mass is 32.2. The summed E-state index contributed by atoms with van der Waals surface area (Å²) in [6.07, 6.45) is 0.759. The van der Waals surface area contributed by atoms with Gasteiger partial charge in [-0.15, -0.1) is 0 Å². The van der Waals surface area contributed by atoms with Crippen LogP contribution >= 0.6 is 0 Å². The largest absolute Gasteiger partial charge is 0.361 e. The van der Waals surface area contributed by atoms with E-state index in [1.165, 1.54) is 18.4 Å². The number of carbonyl (C=O) groups is 1. The highest BCUT2D eigenvalue weighted by Gasteiger charge is 2.20. The number of aryl methyl sites for hydroxylation is 4. The first-order chi connectivity index (χ1) is 14.6. The Morgan fingerprint density at radius 3 is 2.48 bits per heavy atom. The summed E-state index contributed by atoms with van der Waals surface area (Å²) >= 11 is 0. The van der Waals surface area contributed by atoms with Crippen LogP contribution in [0.4, 0.5) is 0 Å². The molecule has 0 spiro atoms. The van der Waals surface area contributed by atoms with E-state index < -0.39 is 10.0 Å². The third kappa shape index (κ3) is 4.49. The van der Waals surface area contributed by atoms with Crippen LogP contribution < -0.4 is 0 Å². The molecule has 0 saturated carbocycles. The summed E-state index contributed by atoms with van der Waals surface area (Å²) < 4.78 is 33.2. The fourth-order valence-corrected chi connectivity index (χ4v) is 4.46. The number of hydrogen-bond acceptors (Lipinski definition) is 6. The number of sulfonamides is 1. The summed E-state index contributed by atoms with van der Waals surface area (Å²) in [7, 11) is 1.22. The first-order valence-corrected chi connectivity index (χ1v) is 11.6. The molecule has 168 valence electrons. The number of amides is 1. The normalized spacial score (nSPS) is 12.1. The molecule has 3 rings (SSSR count). The zero-order valence-electron chi connectivity index (χ0n) is 18.8. The maximum Gasteiger partial charge on any atom is 0.242 e. The lowest BCUT2D eigenvalue weighted by Gasteiger charge is -2.17. The van der Waals surface area contributed by atoms with E-state index >= 15 is 0 Å². The third-order valence-corrected chi connectivity index (χ3v) is 7.27. The van der Waals surface area contributed by atoms with Gasteiger partial charge in [-0.25, -0.2) is 17.7 Å². The monoisotopic (exact) mass is 447 g/mol. The smallest absolute Gasteiger partial charge is 0.242 e. The Balaban J connectivity index is 1.78. The van der Waals surface area contributed by atoms with E-state index in [1.54, 1.807) is 30.1 Å². The number of fused-ring (bicyclic) bond motifs is 1. The Kier molecular flexibility index (Phi) is 6.51. The molecule has 0 unspecified atom stereocenters. The van der Waals surface area contributed by atoms with Gasteiger partial charge in [0.25, 0.3) is 0 Å². The van der Waals surface area contributed by atoms with Crippen molar-refractivity contribution in [2.75, 3.05) is 21.1 Å². The molecule has 31 heavy (non-hydrogen) atoms. The van der Waals surface area contributed by atoms with Crippen LogP contribution in [0.1, 0.15) is 36.2 Å². The molecule has 9 nitrogen and oxygen atoms in total. The number of aromatic nitrogens is 3. The van der Waals surface area contributed by atoms with Gasteiger partial charge in [0.2, 0.25) is 15.9 Å². The highest BCUT2D eigenvalue weighted by Crippen LogP contribution is 2.23. The molecule has 0 aliphatic carbocycles. The van der Waals surface area contributed by atoms with Crippen LogP contribution in [0.15, 0.2) is 27.6 Å². The second-order valence-electron chi connectivity index (χ2n) is 7.76. The number of rotatable bonds is 8. The standard InChI is InChI=1S/C21H29N5O4S/c1-7-26-19-9-8-16(31(28,29)24(4)5)12-18(19)22-20(26)10-11-21(27)25(6)13-17-14(2)23-30-15(17)3/h8-9,12H,7,10-11,13H2,1-6H3. The van der Waals surface area contributed by atoms with Crippen LogP contribution in [0.2, 0.25) is 0 Å². The maximum atomic E-state index is 12.7. The summed E-state index contributed by atoms with van der Waals surface area (Å²) in [6.45, 7) is 6.81. The lowest BCUT2D eigenvalue weighted by atomic mass is 10.2. The summed E-state index contributed by atoms with van der Waals surface area (Å²) in [5.74, 6) is 1.47. The van der Waals surface area contributed by atoms with Crippen LogP contribution in [-0.2, 0) is 34.3 Å². The molecule has 0 aliphatic heterocycles. The summed E-state index contributed by atoms with van der Waals surface area (Å²) in [5, 5.41) is 3.93. The Bertz CT molecular complexity index is 1190. The van der Waals surface area contributed by atoms with Crippen molar-refractivity contribution < 1.29 is 17.7 Å². The maximum absolute atomic E-state index is 12.7. The molecular weight excluding hydrogens is 418 g/mol. The number of nitrogens with zero attached hydrogens (tertiary/aromatic N) is 5. The van der Waals surface area contributed by atoms with E-state index in [-0.39, 0.29) is 10.8 Å². The average molecular weight is 448 g/mol. The first-order valence-electron chi connectivity index (χ1n) is 10.1. The summed E-state index contributed by atoms with van der Waals surface area (Å²) in [5.41, 5.74) is 3.17. The molecule has 0 N–H and O–H groups in total. The van der Waals surface area contributed by atoms with Crippen LogP contribution in [0.5, 0.6) is 0 Å². The van der Waals surface area contributed by atoms with Gasteiger partial charge in [-0.1, -0.05) is 5.16 Å². The molecule has 0 saturated heterocycles. The first kappa shape index (κ1) is 23.0. The predicted molar refractivity (Wildman–Crippen MR) is 117 cm³/mol. The average Bonchev–Trinajstić information content (AvgIpc) is 3.24. The van der Waals surface area contributed by atoms with Gasteiger partial charge >= 0.3 is 0 Å². The van der Waals surface area contributed by atoms with Gasteiger partial charge in [-0.3, -0.25) is 4.79 Å². The van der Waals surface area contributed by atoms with Crippen molar-refractivity contribution in [1.29, 1.82) is 0 Å². The molecule has 0 aliphatic rings. The number of imidazole rings is 1. The topological polar surface area (TPSA) is 102 Å². The SMILES string of the molecule is CCn1c(CCC(=O)N(C)Cc2c(C)noc2C)nc2cc(S(=O)(=O)N(C)C)ccc21. The van der Waals surface area contributed by atoms with Gasteiger partial charge < -0.3 is 14.0 Å². The van der Waals surface area contributed by atoms with Crippen molar-refractivity contribution in [1.82, 2.24) is 23.9 Å². The predicted octanol–water partition coefficient (Wildman–Crippen LogP) is 2.50. The highest BCUT2D eigenvalue weighted by molar-refractivity contribution is 7.89. The molecule has 0 radical (unpaired) electrons. The summed E-state index contributed by atoms with van der Waals surface area (Å²) in [4.78, 5) is 19.2. The second-order valence-corrected chi connectivity index (χ2v) is 9.91. The van der Waals surface area contributed by atoms with Crippen molar-refractivity contribution in [2.45, 2.75) is 51.6 Å². The van der Waals surface area contributed by atoms with Crippen molar-refractivity contribution >= 4 is 27.0 Å². The van der Waals surface area contributed by atoms with Crippen LogP contribution in [0.25, 0.3) is 11.0 Å². The number of hydrogen-bond donors (Lipinski definition) is 0. The van der Waals surface area contributed by atoms with Gasteiger partial charge in [-0.05, 0) is 39.0 Å². The molecule has 1 amide bonds. The molecule has 10 heteroatoms. The molecular formula is C21H29N5O4S. The third-order valence-electron chi connectivity index (χ3n) is 5.46. The minimum Gasteiger partial charge on any atom is -0.361 e. The van der Waals surface area contributed by atoms with E-state index in [2.05, 4.69) is 10.1 Å². The number of carbonyl (C=O) groups excluding carboxylic acids is 1. The van der Waals surface area contributed by atoms with Crippen LogP contribution in [0, 0.1) is 13.8 Å². The second kappa shape index (κ2) is 8.80.